The Labute approximate surface area is 55.2 Å². The van der Waals surface area contributed by atoms with Crippen molar-refractivity contribution in [2.24, 2.45) is 5.73 Å². The van der Waals surface area contributed by atoms with Gasteiger partial charge >= 0.3 is 0 Å². The van der Waals surface area contributed by atoms with Crippen molar-refractivity contribution < 1.29 is 9.78 Å². The summed E-state index contributed by atoms with van der Waals surface area (Å²) in [7, 11) is 0. The highest BCUT2D eigenvalue weighted by Crippen LogP contribution is 1.72. The molecule has 0 atom stereocenters. The Morgan fingerprint density at radius 3 is 2.78 bits per heavy atom. The van der Waals surface area contributed by atoms with Crippen molar-refractivity contribution in [1.82, 2.24) is 5.32 Å². The molecule has 0 radical (unpaired) electrons. The van der Waals surface area contributed by atoms with Gasteiger partial charge in [-0.2, -0.15) is 0 Å². The molecule has 0 aromatic carbocycles. The lowest BCUT2D eigenvalue weighted by atomic mass is 10.5. The van der Waals surface area contributed by atoms with Gasteiger partial charge in [-0.25, -0.2) is 9.78 Å². The summed E-state index contributed by atoms with van der Waals surface area (Å²) >= 11 is 0. The van der Waals surface area contributed by atoms with E-state index in [0.29, 0.717) is 6.73 Å². The highest BCUT2D eigenvalue weighted by molar-refractivity contribution is 4.32. The topological polar surface area (TPSA) is 56.5 Å². The highest BCUT2D eigenvalue weighted by atomic mass is 17.2. The molecule has 0 spiro atoms. The number of nitrogens with two attached hydrogens (primary N) is 1. The van der Waals surface area contributed by atoms with Gasteiger partial charge in [-0.05, 0) is 13.0 Å². The van der Waals surface area contributed by atoms with Crippen LogP contribution in [-0.4, -0.2) is 20.0 Å². The molecule has 0 bridgehead atoms. The van der Waals surface area contributed by atoms with Gasteiger partial charge in [-0.1, -0.05) is 6.92 Å². The van der Waals surface area contributed by atoms with Gasteiger partial charge in [0.25, 0.3) is 0 Å². The number of rotatable bonds is 6. The molecule has 0 amide bonds. The van der Waals surface area contributed by atoms with Gasteiger partial charge in [0.15, 0.2) is 0 Å². The maximum absolute atomic E-state index is 4.97. The molecule has 4 nitrogen and oxygen atoms in total. The Morgan fingerprint density at radius 1 is 1.44 bits per heavy atom. The van der Waals surface area contributed by atoms with Crippen LogP contribution in [0.4, 0.5) is 0 Å². The molecule has 0 aromatic heterocycles. The minimum absolute atomic E-state index is 0.105. The second-order valence-electron chi connectivity index (χ2n) is 1.55. The van der Waals surface area contributed by atoms with Crippen molar-refractivity contribution in [2.75, 3.05) is 20.0 Å². The zero-order valence-corrected chi connectivity index (χ0v) is 5.72. The van der Waals surface area contributed by atoms with E-state index in [1.807, 2.05) is 0 Å². The Morgan fingerprint density at radius 2 is 2.22 bits per heavy atom. The van der Waals surface area contributed by atoms with Crippen molar-refractivity contribution in [3.8, 4) is 0 Å². The van der Waals surface area contributed by atoms with Gasteiger partial charge in [0.1, 0.15) is 13.5 Å². The van der Waals surface area contributed by atoms with Gasteiger partial charge in [0, 0.05) is 0 Å². The second kappa shape index (κ2) is 7.84. The maximum Gasteiger partial charge on any atom is 0.133 e. The summed E-state index contributed by atoms with van der Waals surface area (Å²) in [6.45, 7) is 3.53. The number of hydrogen-bond donors (Lipinski definition) is 2. The first-order chi connectivity index (χ1) is 4.41. The summed E-state index contributed by atoms with van der Waals surface area (Å²) in [5.74, 6) is 0. The molecule has 0 saturated heterocycles. The summed E-state index contributed by atoms with van der Waals surface area (Å²) in [5.41, 5.74) is 4.97. The first-order valence-electron chi connectivity index (χ1n) is 3.07. The lowest BCUT2D eigenvalue weighted by Gasteiger charge is -2.01. The van der Waals surface area contributed by atoms with Crippen LogP contribution in [-0.2, 0) is 9.78 Å². The molecule has 0 fully saturated rings. The minimum Gasteiger partial charge on any atom is -0.306 e. The molecule has 0 saturated carbocycles. The van der Waals surface area contributed by atoms with E-state index < -0.39 is 0 Å². The molecular formula is C5H14N2O2. The normalized spacial score (nSPS) is 10.0. The largest absolute Gasteiger partial charge is 0.306 e. The molecule has 0 rings (SSSR count). The van der Waals surface area contributed by atoms with E-state index in [9.17, 15) is 0 Å². The van der Waals surface area contributed by atoms with E-state index in [1.165, 1.54) is 0 Å². The molecule has 56 valence electrons. The van der Waals surface area contributed by atoms with Crippen molar-refractivity contribution in [3.05, 3.63) is 0 Å². The highest BCUT2D eigenvalue weighted by Gasteiger charge is 1.82. The zero-order valence-electron chi connectivity index (χ0n) is 5.72. The SMILES string of the molecule is CCCNCOOCN. The van der Waals surface area contributed by atoms with E-state index >= 15 is 0 Å². The third-order valence-electron chi connectivity index (χ3n) is 0.739. The van der Waals surface area contributed by atoms with Gasteiger partial charge in [-0.15, -0.1) is 0 Å². The van der Waals surface area contributed by atoms with Gasteiger partial charge < -0.3 is 5.73 Å². The van der Waals surface area contributed by atoms with Crippen LogP contribution in [0.3, 0.4) is 0 Å². The molecule has 9 heavy (non-hydrogen) atoms. The van der Waals surface area contributed by atoms with Crippen molar-refractivity contribution in [2.45, 2.75) is 13.3 Å². The standard InChI is InChI=1S/C5H14N2O2/c1-2-3-7-5-9-8-4-6/h7H,2-6H2,1H3. The Hall–Kier alpha value is -0.160. The average molecular weight is 134 g/mol. The van der Waals surface area contributed by atoms with Gasteiger partial charge in [0.05, 0.1) is 0 Å². The molecule has 0 unspecified atom stereocenters. The van der Waals surface area contributed by atoms with E-state index in [-0.39, 0.29) is 6.73 Å². The van der Waals surface area contributed by atoms with Crippen LogP contribution in [0.2, 0.25) is 0 Å². The number of nitrogens with one attached hydrogen (secondary N) is 1. The Kier molecular flexibility index (Phi) is 7.70. The third kappa shape index (κ3) is 7.84. The monoisotopic (exact) mass is 134 g/mol. The van der Waals surface area contributed by atoms with Crippen LogP contribution in [0.15, 0.2) is 0 Å². The Balaban J connectivity index is 2.60. The fraction of sp³-hybridized carbons (Fsp3) is 1.00. The van der Waals surface area contributed by atoms with Crippen molar-refractivity contribution in [3.63, 3.8) is 0 Å². The van der Waals surface area contributed by atoms with E-state index in [4.69, 9.17) is 5.73 Å². The lowest BCUT2D eigenvalue weighted by Crippen LogP contribution is -2.20. The summed E-state index contributed by atoms with van der Waals surface area (Å²) in [6, 6.07) is 0. The molecule has 3 N–H and O–H groups in total. The van der Waals surface area contributed by atoms with E-state index in [2.05, 4.69) is 22.0 Å². The molecule has 4 heteroatoms. The van der Waals surface area contributed by atoms with Crippen LogP contribution >= 0.6 is 0 Å². The summed E-state index contributed by atoms with van der Waals surface area (Å²) < 4.78 is 0. The van der Waals surface area contributed by atoms with Crippen LogP contribution in [0.25, 0.3) is 0 Å². The van der Waals surface area contributed by atoms with Crippen LogP contribution in [0.1, 0.15) is 13.3 Å². The van der Waals surface area contributed by atoms with Gasteiger partial charge in [0.2, 0.25) is 0 Å². The molecule has 0 heterocycles. The first kappa shape index (κ1) is 8.84. The molecule has 0 aliphatic carbocycles. The Bertz CT molecular complexity index is 46.2. The predicted molar refractivity (Wildman–Crippen MR) is 34.4 cm³/mol. The van der Waals surface area contributed by atoms with Crippen molar-refractivity contribution in [1.29, 1.82) is 0 Å². The fourth-order valence-electron chi connectivity index (χ4n) is 0.380. The second-order valence-corrected chi connectivity index (χ2v) is 1.55. The minimum atomic E-state index is 0.105. The van der Waals surface area contributed by atoms with E-state index in [0.717, 1.165) is 13.0 Å². The zero-order chi connectivity index (χ0) is 6.95. The summed E-state index contributed by atoms with van der Waals surface area (Å²) in [4.78, 5) is 8.94. The van der Waals surface area contributed by atoms with E-state index in [1.54, 1.807) is 0 Å². The number of hydrogen-bond acceptors (Lipinski definition) is 4. The maximum atomic E-state index is 4.97. The smallest absolute Gasteiger partial charge is 0.133 e. The van der Waals surface area contributed by atoms with Crippen LogP contribution in [0, 0.1) is 0 Å². The van der Waals surface area contributed by atoms with Crippen LogP contribution < -0.4 is 11.1 Å². The van der Waals surface area contributed by atoms with Gasteiger partial charge in [-0.3, -0.25) is 5.32 Å². The summed E-state index contributed by atoms with van der Waals surface area (Å²) in [5, 5.41) is 2.97. The molecule has 0 aliphatic heterocycles. The third-order valence-corrected chi connectivity index (χ3v) is 0.739. The summed E-state index contributed by atoms with van der Waals surface area (Å²) in [6.07, 6.45) is 1.09. The average Bonchev–Trinajstić information content (AvgIpc) is 1.89. The van der Waals surface area contributed by atoms with Crippen molar-refractivity contribution >= 4 is 0 Å². The lowest BCUT2D eigenvalue weighted by molar-refractivity contribution is -0.297. The predicted octanol–water partition coefficient (Wildman–Crippen LogP) is -0.192. The first-order valence-corrected chi connectivity index (χ1v) is 3.07. The molecule has 0 aliphatic rings. The molecular weight excluding hydrogens is 120 g/mol. The fourth-order valence-corrected chi connectivity index (χ4v) is 0.380. The quantitative estimate of drug-likeness (QED) is 0.229. The molecule has 0 aromatic rings. The van der Waals surface area contributed by atoms with Crippen LogP contribution in [0.5, 0.6) is 0 Å².